The van der Waals surface area contributed by atoms with Crippen LogP contribution in [-0.4, -0.2) is 40.8 Å². The van der Waals surface area contributed by atoms with Gasteiger partial charge in [0.15, 0.2) is 0 Å². The number of aryl methyl sites for hydroxylation is 2. The van der Waals surface area contributed by atoms with E-state index in [4.69, 9.17) is 9.15 Å². The van der Waals surface area contributed by atoms with Gasteiger partial charge in [-0.15, -0.1) is 10.2 Å². The van der Waals surface area contributed by atoms with Crippen molar-refractivity contribution in [3.8, 4) is 5.75 Å². The van der Waals surface area contributed by atoms with Crippen molar-refractivity contribution < 1.29 is 13.9 Å². The van der Waals surface area contributed by atoms with Crippen LogP contribution in [0.25, 0.3) is 0 Å². The Morgan fingerprint density at radius 3 is 3.04 bits per heavy atom. The van der Waals surface area contributed by atoms with Crippen molar-refractivity contribution in [2.24, 2.45) is 5.92 Å². The van der Waals surface area contributed by atoms with Crippen LogP contribution in [-0.2, 0) is 6.54 Å². The molecule has 0 radical (unpaired) electrons. The highest BCUT2D eigenvalue weighted by molar-refractivity contribution is 5.74. The minimum Gasteiger partial charge on any atom is -0.493 e. The van der Waals surface area contributed by atoms with Gasteiger partial charge in [-0.05, 0) is 37.5 Å². The second-order valence-corrected chi connectivity index (χ2v) is 6.46. The van der Waals surface area contributed by atoms with E-state index in [0.29, 0.717) is 30.9 Å². The van der Waals surface area contributed by atoms with Crippen molar-refractivity contribution in [2.45, 2.75) is 33.2 Å². The number of likely N-dealkylation sites (tertiary alicyclic amines) is 1. The number of ether oxygens (including phenoxy) is 1. The van der Waals surface area contributed by atoms with Crippen molar-refractivity contribution >= 4 is 6.03 Å². The molecule has 7 nitrogen and oxygen atoms in total. The number of benzene rings is 1. The summed E-state index contributed by atoms with van der Waals surface area (Å²) in [7, 11) is 0. The predicted molar refractivity (Wildman–Crippen MR) is 92.2 cm³/mol. The molecule has 0 spiro atoms. The molecule has 1 N–H and O–H groups in total. The molecule has 3 rings (SSSR count). The van der Waals surface area contributed by atoms with Gasteiger partial charge in [0.1, 0.15) is 5.75 Å². The lowest BCUT2D eigenvalue weighted by atomic mass is 9.99. The first-order valence-corrected chi connectivity index (χ1v) is 8.61. The zero-order valence-corrected chi connectivity index (χ0v) is 14.7. The molecular formula is C18H24N4O3. The van der Waals surface area contributed by atoms with Gasteiger partial charge < -0.3 is 19.4 Å². The lowest BCUT2D eigenvalue weighted by molar-refractivity contribution is 0.136. The van der Waals surface area contributed by atoms with Crippen LogP contribution < -0.4 is 10.1 Å². The lowest BCUT2D eigenvalue weighted by Gasteiger charge is -2.32. The Morgan fingerprint density at radius 2 is 2.28 bits per heavy atom. The maximum atomic E-state index is 12.3. The number of amides is 2. The highest BCUT2D eigenvalue weighted by Crippen LogP contribution is 2.19. The van der Waals surface area contributed by atoms with E-state index in [1.165, 1.54) is 5.56 Å². The number of aromatic nitrogens is 2. The molecule has 1 aliphatic heterocycles. The zero-order valence-electron chi connectivity index (χ0n) is 14.7. The fraction of sp³-hybridized carbons (Fsp3) is 0.500. The number of hydrogen-bond donors (Lipinski definition) is 1. The number of rotatable bonds is 5. The molecule has 1 atom stereocenters. The van der Waals surface area contributed by atoms with Crippen LogP contribution in [0.3, 0.4) is 0 Å². The Morgan fingerprint density at radius 1 is 1.40 bits per heavy atom. The summed E-state index contributed by atoms with van der Waals surface area (Å²) in [5, 5.41) is 10.5. The maximum absolute atomic E-state index is 12.3. The molecule has 2 heterocycles. The molecule has 7 heteroatoms. The molecule has 2 aromatic rings. The third kappa shape index (κ3) is 4.95. The maximum Gasteiger partial charge on any atom is 0.317 e. The van der Waals surface area contributed by atoms with Crippen LogP contribution in [0.4, 0.5) is 4.79 Å². The second kappa shape index (κ2) is 8.00. The number of piperidine rings is 1. The normalized spacial score (nSPS) is 17.4. The van der Waals surface area contributed by atoms with Crippen molar-refractivity contribution in [3.63, 3.8) is 0 Å². The fourth-order valence-electron chi connectivity index (χ4n) is 2.98. The Bertz CT molecular complexity index is 716. The molecule has 1 aromatic heterocycles. The quantitative estimate of drug-likeness (QED) is 0.902. The van der Waals surface area contributed by atoms with Crippen LogP contribution in [0.15, 0.2) is 28.7 Å². The molecule has 134 valence electrons. The van der Waals surface area contributed by atoms with E-state index in [0.717, 1.165) is 25.1 Å². The summed E-state index contributed by atoms with van der Waals surface area (Å²) in [6, 6.07) is 7.93. The number of nitrogens with one attached hydrogen (secondary N) is 1. The van der Waals surface area contributed by atoms with Gasteiger partial charge in [0.2, 0.25) is 11.8 Å². The molecule has 1 saturated heterocycles. The van der Waals surface area contributed by atoms with Gasteiger partial charge in [0.05, 0.1) is 13.2 Å². The van der Waals surface area contributed by atoms with E-state index >= 15 is 0 Å². The van der Waals surface area contributed by atoms with Gasteiger partial charge >= 0.3 is 6.03 Å². The molecule has 1 aromatic carbocycles. The van der Waals surface area contributed by atoms with Crippen LogP contribution in [0, 0.1) is 19.8 Å². The Labute approximate surface area is 147 Å². The fourth-order valence-corrected chi connectivity index (χ4v) is 2.98. The monoisotopic (exact) mass is 344 g/mol. The smallest absolute Gasteiger partial charge is 0.317 e. The van der Waals surface area contributed by atoms with Crippen molar-refractivity contribution in [2.75, 3.05) is 19.7 Å². The summed E-state index contributed by atoms with van der Waals surface area (Å²) in [5.41, 5.74) is 1.18. The number of urea groups is 1. The summed E-state index contributed by atoms with van der Waals surface area (Å²) >= 11 is 0. The highest BCUT2D eigenvalue weighted by Gasteiger charge is 2.24. The zero-order chi connectivity index (χ0) is 17.6. The minimum atomic E-state index is -0.101. The topological polar surface area (TPSA) is 80.5 Å². The Kier molecular flexibility index (Phi) is 5.53. The van der Waals surface area contributed by atoms with E-state index < -0.39 is 0 Å². The second-order valence-electron chi connectivity index (χ2n) is 6.46. The molecule has 0 saturated carbocycles. The van der Waals surface area contributed by atoms with E-state index in [2.05, 4.69) is 15.5 Å². The van der Waals surface area contributed by atoms with E-state index in [1.54, 1.807) is 6.92 Å². The number of hydrogen-bond acceptors (Lipinski definition) is 5. The summed E-state index contributed by atoms with van der Waals surface area (Å²) in [4.78, 5) is 14.2. The van der Waals surface area contributed by atoms with Crippen LogP contribution in [0.5, 0.6) is 5.75 Å². The Hall–Kier alpha value is -2.57. The first-order valence-electron chi connectivity index (χ1n) is 8.61. The van der Waals surface area contributed by atoms with Gasteiger partial charge in [0, 0.05) is 25.9 Å². The van der Waals surface area contributed by atoms with Gasteiger partial charge in [-0.3, -0.25) is 0 Å². The molecular weight excluding hydrogens is 320 g/mol. The minimum absolute atomic E-state index is 0.101. The van der Waals surface area contributed by atoms with Crippen LogP contribution in [0.2, 0.25) is 0 Å². The third-order valence-corrected chi connectivity index (χ3v) is 4.24. The highest BCUT2D eigenvalue weighted by atomic mass is 16.5. The van der Waals surface area contributed by atoms with Crippen LogP contribution >= 0.6 is 0 Å². The summed E-state index contributed by atoms with van der Waals surface area (Å²) in [6.07, 6.45) is 2.05. The standard InChI is InChI=1S/C18H24N4O3/c1-13-5-3-7-16(9-13)24-12-15-6-4-8-22(11-15)18(23)19-10-17-21-20-14(2)25-17/h3,5,7,9,15H,4,6,8,10-12H2,1-2H3,(H,19,23)/t15-/m0/s1. The number of carbonyl (C=O) groups is 1. The van der Waals surface area contributed by atoms with E-state index in [1.807, 2.05) is 36.1 Å². The van der Waals surface area contributed by atoms with Crippen LogP contribution in [0.1, 0.15) is 30.2 Å². The summed E-state index contributed by atoms with van der Waals surface area (Å²) < 4.78 is 11.2. The number of carbonyl (C=O) groups excluding carboxylic acids is 1. The molecule has 1 fully saturated rings. The summed E-state index contributed by atoms with van der Waals surface area (Å²) in [5.74, 6) is 2.14. The van der Waals surface area contributed by atoms with Gasteiger partial charge in [-0.25, -0.2) is 4.79 Å². The average molecular weight is 344 g/mol. The predicted octanol–water partition coefficient (Wildman–Crippen LogP) is 2.69. The lowest BCUT2D eigenvalue weighted by Crippen LogP contribution is -2.46. The van der Waals surface area contributed by atoms with E-state index in [-0.39, 0.29) is 12.6 Å². The van der Waals surface area contributed by atoms with Gasteiger partial charge in [-0.2, -0.15) is 0 Å². The van der Waals surface area contributed by atoms with Crippen molar-refractivity contribution in [1.29, 1.82) is 0 Å². The SMILES string of the molecule is Cc1cccc(OC[C@H]2CCCN(C(=O)NCc3nnc(C)o3)C2)c1. The first-order chi connectivity index (χ1) is 12.1. The number of nitrogens with zero attached hydrogens (tertiary/aromatic N) is 3. The first kappa shape index (κ1) is 17.3. The van der Waals surface area contributed by atoms with Crippen molar-refractivity contribution in [3.05, 3.63) is 41.6 Å². The molecule has 1 aliphatic rings. The Balaban J connectivity index is 1.46. The molecule has 25 heavy (non-hydrogen) atoms. The van der Waals surface area contributed by atoms with Gasteiger partial charge in [0.25, 0.3) is 0 Å². The molecule has 2 amide bonds. The van der Waals surface area contributed by atoms with Crippen molar-refractivity contribution in [1.82, 2.24) is 20.4 Å². The molecule has 0 bridgehead atoms. The third-order valence-electron chi connectivity index (χ3n) is 4.24. The largest absolute Gasteiger partial charge is 0.493 e. The van der Waals surface area contributed by atoms with Gasteiger partial charge in [-0.1, -0.05) is 12.1 Å². The average Bonchev–Trinajstić information content (AvgIpc) is 3.03. The summed E-state index contributed by atoms with van der Waals surface area (Å²) in [6.45, 7) is 6.10. The molecule has 0 aliphatic carbocycles. The molecule has 0 unspecified atom stereocenters. The van der Waals surface area contributed by atoms with E-state index in [9.17, 15) is 4.79 Å².